The van der Waals surface area contributed by atoms with E-state index in [9.17, 15) is 0 Å². The lowest BCUT2D eigenvalue weighted by Crippen LogP contribution is -2.25. The lowest BCUT2D eigenvalue weighted by molar-refractivity contribution is 0.170. The van der Waals surface area contributed by atoms with Crippen molar-refractivity contribution < 1.29 is 14.2 Å². The van der Waals surface area contributed by atoms with Gasteiger partial charge in [-0.15, -0.1) is 0 Å². The minimum Gasteiger partial charge on any atom is -0.486 e. The number of nitrogens with zero attached hydrogens (tertiary/aromatic N) is 2. The molecule has 0 radical (unpaired) electrons. The van der Waals surface area contributed by atoms with Gasteiger partial charge in [-0.05, 0) is 68.5 Å². The monoisotopic (exact) mass is 368 g/mol. The van der Waals surface area contributed by atoms with Crippen LogP contribution in [0.15, 0.2) is 30.3 Å². The molecule has 2 aromatic rings. The number of benzene rings is 1. The lowest BCUT2D eigenvalue weighted by Gasteiger charge is -2.26. The Morgan fingerprint density at radius 3 is 2.81 bits per heavy atom. The summed E-state index contributed by atoms with van der Waals surface area (Å²) in [6, 6.07) is 11.0. The van der Waals surface area contributed by atoms with Gasteiger partial charge in [0.05, 0.1) is 7.11 Å². The normalized spacial score (nSPS) is 20.5. The summed E-state index contributed by atoms with van der Waals surface area (Å²) in [5, 5.41) is 0. The zero-order valence-corrected chi connectivity index (χ0v) is 16.4. The molecule has 0 aliphatic carbocycles. The van der Waals surface area contributed by atoms with E-state index in [0.717, 1.165) is 36.7 Å². The van der Waals surface area contributed by atoms with Gasteiger partial charge in [0, 0.05) is 24.3 Å². The van der Waals surface area contributed by atoms with Gasteiger partial charge in [-0.3, -0.25) is 4.90 Å². The largest absolute Gasteiger partial charge is 0.486 e. The number of likely N-dealkylation sites (tertiary alicyclic amines) is 1. The highest BCUT2D eigenvalue weighted by Gasteiger charge is 2.28. The number of hydrogen-bond donors (Lipinski definition) is 0. The Bertz CT molecular complexity index is 808. The highest BCUT2D eigenvalue weighted by molar-refractivity contribution is 5.44. The fraction of sp³-hybridized carbons (Fsp3) is 0.500. The maximum atomic E-state index is 5.75. The Hall–Kier alpha value is -2.27. The van der Waals surface area contributed by atoms with E-state index in [-0.39, 0.29) is 0 Å². The molecule has 0 N–H and O–H groups in total. The highest BCUT2D eigenvalue weighted by Crippen LogP contribution is 2.36. The van der Waals surface area contributed by atoms with E-state index < -0.39 is 0 Å². The van der Waals surface area contributed by atoms with Crippen LogP contribution in [-0.4, -0.2) is 43.3 Å². The Kier molecular flexibility index (Phi) is 5.21. The molecule has 1 aromatic heterocycles. The van der Waals surface area contributed by atoms with Gasteiger partial charge in [-0.2, -0.15) is 0 Å². The summed E-state index contributed by atoms with van der Waals surface area (Å²) in [7, 11) is 1.68. The van der Waals surface area contributed by atoms with Crippen molar-refractivity contribution >= 4 is 0 Å². The lowest BCUT2D eigenvalue weighted by atomic mass is 9.98. The van der Waals surface area contributed by atoms with Crippen LogP contribution in [0.3, 0.4) is 0 Å². The molecule has 0 amide bonds. The third-order valence-electron chi connectivity index (χ3n) is 5.64. The third-order valence-corrected chi connectivity index (χ3v) is 5.64. The molecule has 2 aliphatic heterocycles. The standard InChI is InChI=1S/C22H28N2O3/c1-15-10-18(12-22(23-15)25-3)11-17-6-7-24(14-17)16(2)19-4-5-20-21(13-19)27-9-8-26-20/h4-5,10,12-13,16-17H,6-9,11,14H2,1-3H3/t16?,17-/m1/s1. The Labute approximate surface area is 161 Å². The van der Waals surface area contributed by atoms with Crippen molar-refractivity contribution in [2.24, 2.45) is 5.92 Å². The van der Waals surface area contributed by atoms with Crippen molar-refractivity contribution in [3.63, 3.8) is 0 Å². The minimum absolute atomic E-state index is 0.375. The average molecular weight is 368 g/mol. The van der Waals surface area contributed by atoms with Crippen LogP contribution in [0.25, 0.3) is 0 Å². The van der Waals surface area contributed by atoms with Crippen LogP contribution in [0.5, 0.6) is 17.4 Å². The molecule has 5 nitrogen and oxygen atoms in total. The van der Waals surface area contributed by atoms with Crippen LogP contribution in [0.1, 0.15) is 36.2 Å². The van der Waals surface area contributed by atoms with Gasteiger partial charge < -0.3 is 14.2 Å². The summed E-state index contributed by atoms with van der Waals surface area (Å²) in [5.41, 5.74) is 3.63. The Morgan fingerprint density at radius 1 is 1.19 bits per heavy atom. The van der Waals surface area contributed by atoms with Crippen molar-refractivity contribution in [3.8, 4) is 17.4 Å². The molecule has 0 spiro atoms. The molecular weight excluding hydrogens is 340 g/mol. The van der Waals surface area contributed by atoms with Crippen molar-refractivity contribution in [2.45, 2.75) is 32.7 Å². The first-order chi connectivity index (χ1) is 13.1. The van der Waals surface area contributed by atoms with Gasteiger partial charge in [-0.25, -0.2) is 4.98 Å². The molecule has 3 heterocycles. The molecule has 1 unspecified atom stereocenters. The second-order valence-electron chi connectivity index (χ2n) is 7.59. The van der Waals surface area contributed by atoms with Crippen molar-refractivity contribution in [1.82, 2.24) is 9.88 Å². The molecule has 2 atom stereocenters. The summed E-state index contributed by atoms with van der Waals surface area (Å²) in [6.45, 7) is 7.81. The van der Waals surface area contributed by atoms with Gasteiger partial charge in [0.1, 0.15) is 13.2 Å². The molecule has 1 aromatic carbocycles. The van der Waals surface area contributed by atoms with Crippen molar-refractivity contribution in [1.29, 1.82) is 0 Å². The molecule has 5 heteroatoms. The van der Waals surface area contributed by atoms with Gasteiger partial charge in [0.25, 0.3) is 0 Å². The van der Waals surface area contributed by atoms with Crippen LogP contribution in [-0.2, 0) is 6.42 Å². The van der Waals surface area contributed by atoms with E-state index >= 15 is 0 Å². The molecule has 1 saturated heterocycles. The zero-order valence-electron chi connectivity index (χ0n) is 16.4. The number of hydrogen-bond acceptors (Lipinski definition) is 5. The van der Waals surface area contributed by atoms with Crippen LogP contribution < -0.4 is 14.2 Å². The SMILES string of the molecule is COc1cc(C[C@H]2CCN(C(C)c3ccc4c(c3)OCCO4)C2)cc(C)n1. The predicted molar refractivity (Wildman–Crippen MR) is 105 cm³/mol. The molecule has 4 rings (SSSR count). The maximum Gasteiger partial charge on any atom is 0.213 e. The second-order valence-corrected chi connectivity index (χ2v) is 7.59. The molecule has 0 saturated carbocycles. The van der Waals surface area contributed by atoms with Crippen LogP contribution in [0.4, 0.5) is 0 Å². The van der Waals surface area contributed by atoms with Crippen molar-refractivity contribution in [3.05, 3.63) is 47.2 Å². The fourth-order valence-corrected chi connectivity index (χ4v) is 4.17. The van der Waals surface area contributed by atoms with E-state index in [1.165, 1.54) is 17.5 Å². The minimum atomic E-state index is 0.375. The van der Waals surface area contributed by atoms with Crippen LogP contribution >= 0.6 is 0 Å². The first-order valence-corrected chi connectivity index (χ1v) is 9.77. The van der Waals surface area contributed by atoms with Crippen molar-refractivity contribution in [2.75, 3.05) is 33.4 Å². The van der Waals surface area contributed by atoms with Gasteiger partial charge in [0.15, 0.2) is 11.5 Å². The van der Waals surface area contributed by atoms with E-state index in [0.29, 0.717) is 31.1 Å². The smallest absolute Gasteiger partial charge is 0.213 e. The molecular formula is C22H28N2O3. The second kappa shape index (κ2) is 7.77. The Morgan fingerprint density at radius 2 is 2.00 bits per heavy atom. The number of fused-ring (bicyclic) bond motifs is 1. The number of ether oxygens (including phenoxy) is 3. The molecule has 0 bridgehead atoms. The summed E-state index contributed by atoms with van der Waals surface area (Å²) < 4.78 is 16.7. The summed E-state index contributed by atoms with van der Waals surface area (Å²) in [5.74, 6) is 3.11. The number of methoxy groups -OCH3 is 1. The highest BCUT2D eigenvalue weighted by atomic mass is 16.6. The number of rotatable bonds is 5. The number of aryl methyl sites for hydroxylation is 1. The maximum absolute atomic E-state index is 5.75. The van der Waals surface area contributed by atoms with Gasteiger partial charge in [-0.1, -0.05) is 6.07 Å². The topological polar surface area (TPSA) is 43.8 Å². The van der Waals surface area contributed by atoms with Crippen LogP contribution in [0, 0.1) is 12.8 Å². The van der Waals surface area contributed by atoms with E-state index in [1.807, 2.05) is 13.0 Å². The molecule has 144 valence electrons. The summed E-state index contributed by atoms with van der Waals surface area (Å²) in [6.07, 6.45) is 2.29. The predicted octanol–water partition coefficient (Wildman–Crippen LogP) is 3.80. The number of pyridine rings is 1. The molecule has 27 heavy (non-hydrogen) atoms. The van der Waals surface area contributed by atoms with E-state index in [2.05, 4.69) is 41.1 Å². The Balaban J connectivity index is 1.41. The van der Waals surface area contributed by atoms with E-state index in [1.54, 1.807) is 7.11 Å². The van der Waals surface area contributed by atoms with Crippen LogP contribution in [0.2, 0.25) is 0 Å². The van der Waals surface area contributed by atoms with Gasteiger partial charge >= 0.3 is 0 Å². The summed E-state index contributed by atoms with van der Waals surface area (Å²) in [4.78, 5) is 6.96. The molecule has 1 fully saturated rings. The number of aromatic nitrogens is 1. The van der Waals surface area contributed by atoms with E-state index in [4.69, 9.17) is 14.2 Å². The first kappa shape index (κ1) is 18.1. The summed E-state index contributed by atoms with van der Waals surface area (Å²) >= 11 is 0. The molecule has 2 aliphatic rings. The third kappa shape index (κ3) is 4.03. The van der Waals surface area contributed by atoms with Gasteiger partial charge in [0.2, 0.25) is 5.88 Å². The average Bonchev–Trinajstić information content (AvgIpc) is 3.15. The quantitative estimate of drug-likeness (QED) is 0.803. The first-order valence-electron chi connectivity index (χ1n) is 9.77. The zero-order chi connectivity index (χ0) is 18.8. The fourth-order valence-electron chi connectivity index (χ4n) is 4.17.